The molecular formula is C28H20N10O4. The van der Waals surface area contributed by atoms with Gasteiger partial charge in [-0.2, -0.15) is 9.78 Å². The molecule has 0 spiro atoms. The molecule has 0 radical (unpaired) electrons. The van der Waals surface area contributed by atoms with Crippen molar-refractivity contribution >= 4 is 50.7 Å². The van der Waals surface area contributed by atoms with Crippen LogP contribution in [0.2, 0.25) is 0 Å². The second-order valence-electron chi connectivity index (χ2n) is 9.20. The van der Waals surface area contributed by atoms with Crippen LogP contribution in [0, 0.1) is 6.57 Å². The third-order valence-electron chi connectivity index (χ3n) is 6.65. The second kappa shape index (κ2) is 9.99. The third kappa shape index (κ3) is 4.18. The van der Waals surface area contributed by atoms with Gasteiger partial charge in [-0.15, -0.1) is 10.2 Å². The molecule has 0 aliphatic heterocycles. The van der Waals surface area contributed by atoms with Crippen LogP contribution in [0.5, 0.6) is 5.75 Å². The molecular weight excluding hydrogens is 540 g/mol. The number of carbonyl (C=O) groups is 1. The first-order valence-electron chi connectivity index (χ1n) is 12.4. The van der Waals surface area contributed by atoms with Crippen LogP contribution in [0.15, 0.2) is 86.7 Å². The molecule has 14 nitrogen and oxygen atoms in total. The number of benzene rings is 3. The number of aromatic amines is 1. The molecule has 42 heavy (non-hydrogen) atoms. The van der Waals surface area contributed by atoms with E-state index in [1.54, 1.807) is 54.6 Å². The van der Waals surface area contributed by atoms with Crippen molar-refractivity contribution in [3.8, 4) is 11.7 Å². The van der Waals surface area contributed by atoms with Gasteiger partial charge in [0.15, 0.2) is 17.1 Å². The Hall–Kier alpha value is -6.36. The molecule has 0 saturated carbocycles. The average molecular weight is 561 g/mol. The highest BCUT2D eigenvalue weighted by atomic mass is 16.3. The van der Waals surface area contributed by atoms with E-state index in [0.717, 1.165) is 9.25 Å². The van der Waals surface area contributed by atoms with E-state index in [-0.39, 0.29) is 39.9 Å². The molecule has 206 valence electrons. The lowest BCUT2D eigenvalue weighted by Crippen LogP contribution is -2.36. The molecule has 3 aromatic heterocycles. The number of para-hydroxylation sites is 1. The number of azo groups is 1. The highest BCUT2D eigenvalue weighted by Gasteiger charge is 2.21. The smallest absolute Gasteiger partial charge is 0.332 e. The lowest BCUT2D eigenvalue weighted by Gasteiger charge is -2.11. The number of hydrogen-bond donors (Lipinski definition) is 3. The number of nitrogens with one attached hydrogen (secondary N) is 2. The first-order chi connectivity index (χ1) is 20.3. The second-order valence-corrected chi connectivity index (χ2v) is 9.20. The molecule has 6 aromatic rings. The first kappa shape index (κ1) is 25.9. The summed E-state index contributed by atoms with van der Waals surface area (Å²) in [7, 11) is 2.82. The maximum Gasteiger partial charge on any atom is 0.332 e. The summed E-state index contributed by atoms with van der Waals surface area (Å²) in [6.45, 7) is 7.58. The quantitative estimate of drug-likeness (QED) is 0.211. The van der Waals surface area contributed by atoms with Gasteiger partial charge in [-0.1, -0.05) is 42.5 Å². The van der Waals surface area contributed by atoms with Crippen LogP contribution in [0.1, 0.15) is 10.4 Å². The summed E-state index contributed by atoms with van der Waals surface area (Å²) in [5.74, 6) is -1.02. The standard InChI is InChI=1S/C28H20N10O4/c1-29-19-14-30-38(27-32-21-24(33-27)36(2)28(42)37(3)26(21)41)23(19)35-34-20-17-12-8-7-9-15(17)13-18(22(20)39)25(40)31-16-10-5-4-6-11-16/h4-14,39H,2-3H3,(H,31,40)(H,32,33)/b35-34+. The number of H-pyrrole nitrogens is 1. The zero-order valence-corrected chi connectivity index (χ0v) is 22.1. The van der Waals surface area contributed by atoms with Crippen molar-refractivity contribution in [3.05, 3.63) is 105 Å². The van der Waals surface area contributed by atoms with E-state index in [2.05, 4.69) is 35.5 Å². The number of fused-ring (bicyclic) bond motifs is 2. The molecule has 0 aliphatic rings. The minimum absolute atomic E-state index is 0.00256. The molecule has 3 aromatic carbocycles. The van der Waals surface area contributed by atoms with Crippen molar-refractivity contribution in [1.29, 1.82) is 0 Å². The summed E-state index contributed by atoms with van der Waals surface area (Å²) >= 11 is 0. The van der Waals surface area contributed by atoms with Crippen molar-refractivity contribution in [2.24, 2.45) is 24.3 Å². The van der Waals surface area contributed by atoms with Crippen molar-refractivity contribution in [3.63, 3.8) is 0 Å². The van der Waals surface area contributed by atoms with Crippen molar-refractivity contribution < 1.29 is 9.90 Å². The van der Waals surface area contributed by atoms with Crippen LogP contribution in [-0.2, 0) is 14.1 Å². The van der Waals surface area contributed by atoms with Crippen molar-refractivity contribution in [2.75, 3.05) is 5.32 Å². The molecule has 6 rings (SSSR count). The summed E-state index contributed by atoms with van der Waals surface area (Å²) in [5.41, 5.74) is -0.512. The highest BCUT2D eigenvalue weighted by molar-refractivity contribution is 6.11. The summed E-state index contributed by atoms with van der Waals surface area (Å²) < 4.78 is 3.31. The van der Waals surface area contributed by atoms with E-state index in [0.29, 0.717) is 16.5 Å². The number of carbonyl (C=O) groups excluding carboxylic acids is 1. The third-order valence-corrected chi connectivity index (χ3v) is 6.65. The Morgan fingerprint density at radius 2 is 1.79 bits per heavy atom. The van der Waals surface area contributed by atoms with Gasteiger partial charge in [0.25, 0.3) is 17.2 Å². The number of phenols is 1. The number of amides is 1. The van der Waals surface area contributed by atoms with Crippen LogP contribution in [0.25, 0.3) is 32.7 Å². The van der Waals surface area contributed by atoms with Crippen molar-refractivity contribution in [1.82, 2.24) is 28.9 Å². The predicted octanol–water partition coefficient (Wildman–Crippen LogP) is 4.22. The van der Waals surface area contributed by atoms with E-state index in [4.69, 9.17) is 6.57 Å². The summed E-state index contributed by atoms with van der Waals surface area (Å²) in [6.07, 6.45) is 1.24. The van der Waals surface area contributed by atoms with Crippen LogP contribution in [0.4, 0.5) is 22.9 Å². The molecule has 0 saturated heterocycles. The van der Waals surface area contributed by atoms with Gasteiger partial charge < -0.3 is 15.4 Å². The fourth-order valence-electron chi connectivity index (χ4n) is 4.48. The van der Waals surface area contributed by atoms with E-state index < -0.39 is 22.9 Å². The first-order valence-corrected chi connectivity index (χ1v) is 12.4. The topological polar surface area (TPSA) is 169 Å². The largest absolute Gasteiger partial charge is 0.505 e. The number of nitrogens with zero attached hydrogens (tertiary/aromatic N) is 8. The van der Waals surface area contributed by atoms with Crippen LogP contribution in [-0.4, -0.2) is 39.9 Å². The minimum Gasteiger partial charge on any atom is -0.505 e. The fraction of sp³-hybridized carbons (Fsp3) is 0.0714. The van der Waals surface area contributed by atoms with E-state index in [1.807, 2.05) is 6.07 Å². The van der Waals surface area contributed by atoms with Crippen LogP contribution < -0.4 is 16.6 Å². The zero-order chi connectivity index (χ0) is 29.5. The van der Waals surface area contributed by atoms with Crippen LogP contribution >= 0.6 is 0 Å². The summed E-state index contributed by atoms with van der Waals surface area (Å²) in [4.78, 5) is 48.8. The minimum atomic E-state index is -0.613. The molecule has 0 aliphatic carbocycles. The van der Waals surface area contributed by atoms with E-state index >= 15 is 0 Å². The fourth-order valence-corrected chi connectivity index (χ4v) is 4.48. The molecule has 14 heteroatoms. The van der Waals surface area contributed by atoms with Gasteiger partial charge in [0.05, 0.1) is 18.3 Å². The molecule has 1 amide bonds. The monoisotopic (exact) mass is 560 g/mol. The Kier molecular flexibility index (Phi) is 6.16. The number of hydrogen-bond acceptors (Lipinski definition) is 8. The average Bonchev–Trinajstić information content (AvgIpc) is 3.63. The van der Waals surface area contributed by atoms with E-state index in [9.17, 15) is 19.5 Å². The Labute approximate surface area is 235 Å². The van der Waals surface area contributed by atoms with Gasteiger partial charge in [0.1, 0.15) is 11.3 Å². The van der Waals surface area contributed by atoms with Gasteiger partial charge >= 0.3 is 5.69 Å². The normalized spacial score (nSPS) is 11.4. The van der Waals surface area contributed by atoms with Gasteiger partial charge in [0, 0.05) is 25.2 Å². The number of aryl methyl sites for hydroxylation is 1. The molecule has 3 heterocycles. The SMILES string of the molecule is [C-]#[N+]c1cnn(-c2nc3c(=O)n(C)c(=O)n(C)c3[nH]2)c1/N=N/c1c(O)c(C(=O)Nc2ccccc2)cc2ccccc12. The predicted molar refractivity (Wildman–Crippen MR) is 154 cm³/mol. The number of imidazole rings is 1. The summed E-state index contributed by atoms with van der Waals surface area (Å²) in [5, 5.41) is 27.8. The lowest BCUT2D eigenvalue weighted by molar-refractivity contribution is 0.102. The highest BCUT2D eigenvalue weighted by Crippen LogP contribution is 2.40. The molecule has 0 bridgehead atoms. The number of phenolic OH excluding ortho intramolecular Hbond substituents is 1. The summed E-state index contributed by atoms with van der Waals surface area (Å²) in [6, 6.07) is 17.4. The molecule has 0 atom stereocenters. The van der Waals surface area contributed by atoms with Gasteiger partial charge in [-0.05, 0) is 23.6 Å². The Morgan fingerprint density at radius 1 is 1.05 bits per heavy atom. The number of anilines is 1. The number of rotatable bonds is 5. The van der Waals surface area contributed by atoms with E-state index in [1.165, 1.54) is 24.9 Å². The Bertz CT molecular complexity index is 2230. The van der Waals surface area contributed by atoms with Gasteiger partial charge in [0.2, 0.25) is 5.95 Å². The lowest BCUT2D eigenvalue weighted by atomic mass is 10.0. The van der Waals surface area contributed by atoms with Gasteiger partial charge in [-0.25, -0.2) is 14.6 Å². The van der Waals surface area contributed by atoms with Crippen LogP contribution in [0.3, 0.4) is 0 Å². The Balaban J connectivity index is 1.48. The maximum atomic E-state index is 13.1. The molecule has 0 fully saturated rings. The van der Waals surface area contributed by atoms with Crippen molar-refractivity contribution in [2.45, 2.75) is 0 Å². The number of aromatic nitrogens is 6. The van der Waals surface area contributed by atoms with Gasteiger partial charge in [-0.3, -0.25) is 18.7 Å². The molecule has 0 unspecified atom stereocenters. The molecule has 3 N–H and O–H groups in total. The maximum absolute atomic E-state index is 13.1. The zero-order valence-electron chi connectivity index (χ0n) is 22.1. The number of aromatic hydroxyl groups is 1. The Morgan fingerprint density at radius 3 is 2.55 bits per heavy atom.